The minimum Gasteiger partial charge on any atom is -0.359 e. The first-order valence-electron chi connectivity index (χ1n) is 10.1. The first-order chi connectivity index (χ1) is 14.0. The molecule has 1 heterocycles. The molecular formula is C21H25ClN4O2S. The molecule has 2 bridgehead atoms. The van der Waals surface area contributed by atoms with Crippen molar-refractivity contribution in [2.75, 3.05) is 13.1 Å². The Balaban J connectivity index is 1.19. The van der Waals surface area contributed by atoms with E-state index < -0.39 is 0 Å². The number of nitrogens with zero attached hydrogens (tertiary/aromatic N) is 1. The van der Waals surface area contributed by atoms with Crippen molar-refractivity contribution >= 4 is 40.7 Å². The van der Waals surface area contributed by atoms with Gasteiger partial charge in [-0.25, -0.2) is 0 Å². The van der Waals surface area contributed by atoms with E-state index in [0.29, 0.717) is 41.3 Å². The molecule has 0 spiro atoms. The number of halogens is 1. The van der Waals surface area contributed by atoms with Gasteiger partial charge in [0, 0.05) is 35.6 Å². The number of allylic oxidation sites excluding steroid dienone is 1. The fourth-order valence-electron chi connectivity index (χ4n) is 4.44. The van der Waals surface area contributed by atoms with Crippen molar-refractivity contribution in [1.82, 2.24) is 21.1 Å². The molecule has 6 nitrogen and oxygen atoms in total. The Morgan fingerprint density at radius 2 is 1.76 bits per heavy atom. The molecule has 0 radical (unpaired) electrons. The van der Waals surface area contributed by atoms with Gasteiger partial charge < -0.3 is 10.2 Å². The van der Waals surface area contributed by atoms with Crippen LogP contribution in [-0.4, -0.2) is 41.0 Å². The summed E-state index contributed by atoms with van der Waals surface area (Å²) in [5, 5.41) is 4.88. The van der Waals surface area contributed by atoms with Crippen LogP contribution < -0.4 is 16.2 Å². The molecule has 3 N–H and O–H groups in total. The number of carbonyl (C=O) groups is 2. The van der Waals surface area contributed by atoms with Gasteiger partial charge in [0.1, 0.15) is 0 Å². The standard InChI is InChI=1S/C21H25ClN4O2S/c22-17-5-3-14(4-6-17)19(27)24-25-20(28)15-7-9-26(10-8-15)21(29)23-18-12-13-1-2-16(18)11-13/h1-6,13,15-16,18H,7-12H2,(H,23,29)(H,24,27)(H,25,28). The summed E-state index contributed by atoms with van der Waals surface area (Å²) in [6, 6.07) is 6.95. The fraction of sp³-hybridized carbons (Fsp3) is 0.476. The average Bonchev–Trinajstić information content (AvgIpc) is 3.35. The van der Waals surface area contributed by atoms with Crippen LogP contribution >= 0.6 is 23.8 Å². The maximum absolute atomic E-state index is 12.4. The van der Waals surface area contributed by atoms with Crippen molar-refractivity contribution in [1.29, 1.82) is 0 Å². The van der Waals surface area contributed by atoms with Gasteiger partial charge in [0.15, 0.2) is 5.11 Å². The van der Waals surface area contributed by atoms with Gasteiger partial charge in [-0.1, -0.05) is 23.8 Å². The maximum Gasteiger partial charge on any atom is 0.269 e. The summed E-state index contributed by atoms with van der Waals surface area (Å²) >= 11 is 11.4. The molecule has 3 atom stereocenters. The lowest BCUT2D eigenvalue weighted by molar-refractivity contribution is -0.126. The van der Waals surface area contributed by atoms with Crippen LogP contribution in [0.2, 0.25) is 5.02 Å². The van der Waals surface area contributed by atoms with Gasteiger partial charge >= 0.3 is 0 Å². The molecule has 1 aromatic carbocycles. The first kappa shape index (κ1) is 20.2. The number of rotatable bonds is 3. The third-order valence-electron chi connectivity index (χ3n) is 6.15. The van der Waals surface area contributed by atoms with Gasteiger partial charge in [-0.3, -0.25) is 20.4 Å². The van der Waals surface area contributed by atoms with Crippen molar-refractivity contribution < 1.29 is 9.59 Å². The van der Waals surface area contributed by atoms with E-state index in [1.807, 2.05) is 0 Å². The monoisotopic (exact) mass is 432 g/mol. The molecule has 2 aliphatic carbocycles. The fourth-order valence-corrected chi connectivity index (χ4v) is 4.90. The van der Waals surface area contributed by atoms with E-state index in [-0.39, 0.29) is 17.7 Å². The Labute approximate surface area is 181 Å². The molecule has 1 saturated heterocycles. The molecule has 4 rings (SSSR count). The third kappa shape index (κ3) is 4.73. The Morgan fingerprint density at radius 3 is 2.38 bits per heavy atom. The smallest absolute Gasteiger partial charge is 0.269 e. The topological polar surface area (TPSA) is 73.5 Å². The Morgan fingerprint density at radius 1 is 1.03 bits per heavy atom. The number of hydrogen-bond donors (Lipinski definition) is 3. The van der Waals surface area contributed by atoms with E-state index in [9.17, 15) is 9.59 Å². The summed E-state index contributed by atoms with van der Waals surface area (Å²) in [5.74, 6) is 0.648. The molecule has 1 saturated carbocycles. The lowest BCUT2D eigenvalue weighted by Crippen LogP contribution is -2.51. The van der Waals surface area contributed by atoms with E-state index in [1.54, 1.807) is 24.3 Å². The first-order valence-corrected chi connectivity index (χ1v) is 10.9. The maximum atomic E-state index is 12.4. The van der Waals surface area contributed by atoms with Gasteiger partial charge in [0.05, 0.1) is 0 Å². The molecule has 29 heavy (non-hydrogen) atoms. The van der Waals surface area contributed by atoms with Crippen LogP contribution in [0.3, 0.4) is 0 Å². The SMILES string of the molecule is O=C(NNC(=O)C1CCN(C(=S)NC2CC3C=CC2C3)CC1)c1ccc(Cl)cc1. The third-order valence-corrected chi connectivity index (χ3v) is 6.77. The molecule has 154 valence electrons. The lowest BCUT2D eigenvalue weighted by atomic mass is 9.96. The number of likely N-dealkylation sites (tertiary alicyclic amines) is 1. The van der Waals surface area contributed by atoms with Gasteiger partial charge in [0.25, 0.3) is 5.91 Å². The molecule has 1 aliphatic heterocycles. The van der Waals surface area contributed by atoms with Crippen LogP contribution in [-0.2, 0) is 4.79 Å². The van der Waals surface area contributed by atoms with E-state index in [2.05, 4.69) is 33.2 Å². The number of carbonyl (C=O) groups excluding carboxylic acids is 2. The number of hydrogen-bond acceptors (Lipinski definition) is 3. The number of piperidine rings is 1. The zero-order valence-corrected chi connectivity index (χ0v) is 17.6. The van der Waals surface area contributed by atoms with Crippen molar-refractivity contribution in [2.24, 2.45) is 17.8 Å². The molecule has 2 fully saturated rings. The van der Waals surface area contributed by atoms with Crippen molar-refractivity contribution in [2.45, 2.75) is 31.7 Å². The number of benzene rings is 1. The molecule has 3 aliphatic rings. The summed E-state index contributed by atoms with van der Waals surface area (Å²) in [4.78, 5) is 26.7. The minimum absolute atomic E-state index is 0.134. The highest BCUT2D eigenvalue weighted by Gasteiger charge is 2.36. The summed E-state index contributed by atoms with van der Waals surface area (Å²) in [6.07, 6.45) is 8.45. The van der Waals surface area contributed by atoms with Crippen LogP contribution in [0.5, 0.6) is 0 Å². The van der Waals surface area contributed by atoms with Crippen molar-refractivity contribution in [3.8, 4) is 0 Å². The van der Waals surface area contributed by atoms with Crippen LogP contribution in [0.4, 0.5) is 0 Å². The van der Waals surface area contributed by atoms with Crippen LogP contribution in [0, 0.1) is 17.8 Å². The van der Waals surface area contributed by atoms with Crippen molar-refractivity contribution in [3.05, 3.63) is 47.0 Å². The molecule has 2 amide bonds. The largest absolute Gasteiger partial charge is 0.359 e. The number of fused-ring (bicyclic) bond motifs is 2. The highest BCUT2D eigenvalue weighted by atomic mass is 35.5. The van der Waals surface area contributed by atoms with Gasteiger partial charge in [-0.2, -0.15) is 0 Å². The van der Waals surface area contributed by atoms with Crippen LogP contribution in [0.25, 0.3) is 0 Å². The number of nitrogens with one attached hydrogen (secondary N) is 3. The predicted octanol–water partition coefficient (Wildman–Crippen LogP) is 2.65. The zero-order chi connectivity index (χ0) is 20.4. The Kier molecular flexibility index (Phi) is 6.06. The van der Waals surface area contributed by atoms with Crippen LogP contribution in [0.1, 0.15) is 36.0 Å². The summed E-state index contributed by atoms with van der Waals surface area (Å²) in [6.45, 7) is 1.48. The highest BCUT2D eigenvalue weighted by Crippen LogP contribution is 2.39. The Bertz CT molecular complexity index is 820. The quantitative estimate of drug-likeness (QED) is 0.389. The summed E-state index contributed by atoms with van der Waals surface area (Å²) in [5.41, 5.74) is 5.45. The normalized spacial score (nSPS) is 25.7. The molecule has 3 unspecified atom stereocenters. The molecule has 1 aromatic rings. The lowest BCUT2D eigenvalue weighted by Gasteiger charge is -2.35. The second-order valence-corrected chi connectivity index (χ2v) is 8.87. The van der Waals surface area contributed by atoms with E-state index in [0.717, 1.165) is 24.6 Å². The van der Waals surface area contributed by atoms with Crippen molar-refractivity contribution in [3.63, 3.8) is 0 Å². The van der Waals surface area contributed by atoms with Gasteiger partial charge in [0.2, 0.25) is 5.91 Å². The van der Waals surface area contributed by atoms with E-state index >= 15 is 0 Å². The Hall–Kier alpha value is -2.12. The van der Waals surface area contributed by atoms with Gasteiger partial charge in [-0.05, 0) is 74.0 Å². The highest BCUT2D eigenvalue weighted by molar-refractivity contribution is 7.80. The van der Waals surface area contributed by atoms with Gasteiger partial charge in [-0.15, -0.1) is 0 Å². The molecule has 8 heteroatoms. The number of amides is 2. The molecular weight excluding hydrogens is 408 g/mol. The second kappa shape index (κ2) is 8.71. The summed E-state index contributed by atoms with van der Waals surface area (Å²) < 4.78 is 0. The van der Waals surface area contributed by atoms with E-state index in [1.165, 1.54) is 6.42 Å². The molecule has 0 aromatic heterocycles. The predicted molar refractivity (Wildman–Crippen MR) is 116 cm³/mol. The van der Waals surface area contributed by atoms with E-state index in [4.69, 9.17) is 23.8 Å². The summed E-state index contributed by atoms with van der Waals surface area (Å²) in [7, 11) is 0. The minimum atomic E-state index is -0.363. The zero-order valence-electron chi connectivity index (χ0n) is 16.1. The average molecular weight is 433 g/mol. The van der Waals surface area contributed by atoms with Crippen LogP contribution in [0.15, 0.2) is 36.4 Å². The number of hydrazine groups is 1. The number of thiocarbonyl (C=S) groups is 1. The second-order valence-electron chi connectivity index (χ2n) is 8.05.